The van der Waals surface area contributed by atoms with E-state index in [1.165, 1.54) is 5.57 Å². The van der Waals surface area contributed by atoms with E-state index in [1.54, 1.807) is 12.1 Å². The minimum Gasteiger partial charge on any atom is -0.303 e. The SMILES string of the molecule is CC1=CC=CC(C)C1NC(C)c1ccc(C(F)(F)F)cc1. The Balaban J connectivity index is 2.08. The number of hydrogen-bond donors (Lipinski definition) is 1. The van der Waals surface area contributed by atoms with Crippen LogP contribution in [0.25, 0.3) is 0 Å². The highest BCUT2D eigenvalue weighted by Gasteiger charge is 2.30. The maximum atomic E-state index is 12.6. The minimum absolute atomic E-state index is 0.00502. The van der Waals surface area contributed by atoms with Crippen molar-refractivity contribution >= 4 is 0 Å². The summed E-state index contributed by atoms with van der Waals surface area (Å²) in [6, 6.07) is 5.58. The summed E-state index contributed by atoms with van der Waals surface area (Å²) < 4.78 is 37.7. The third-order valence-corrected chi connectivity index (χ3v) is 3.96. The summed E-state index contributed by atoms with van der Waals surface area (Å²) in [6.45, 7) is 6.17. The van der Waals surface area contributed by atoms with E-state index < -0.39 is 11.7 Å². The van der Waals surface area contributed by atoms with Crippen LogP contribution in [0.15, 0.2) is 48.1 Å². The zero-order valence-electron chi connectivity index (χ0n) is 12.4. The lowest BCUT2D eigenvalue weighted by molar-refractivity contribution is -0.137. The van der Waals surface area contributed by atoms with Gasteiger partial charge < -0.3 is 5.32 Å². The fourth-order valence-electron chi connectivity index (χ4n) is 2.62. The Morgan fingerprint density at radius 3 is 2.29 bits per heavy atom. The van der Waals surface area contributed by atoms with Crippen LogP contribution in [0.2, 0.25) is 0 Å². The predicted molar refractivity (Wildman–Crippen MR) is 78.8 cm³/mol. The van der Waals surface area contributed by atoms with E-state index in [-0.39, 0.29) is 12.1 Å². The monoisotopic (exact) mass is 295 g/mol. The molecule has 1 aliphatic rings. The molecule has 2 rings (SSSR count). The smallest absolute Gasteiger partial charge is 0.303 e. The van der Waals surface area contributed by atoms with Gasteiger partial charge in [-0.25, -0.2) is 0 Å². The van der Waals surface area contributed by atoms with Crippen molar-refractivity contribution in [3.63, 3.8) is 0 Å². The molecule has 3 unspecified atom stereocenters. The molecule has 1 nitrogen and oxygen atoms in total. The van der Waals surface area contributed by atoms with Crippen LogP contribution < -0.4 is 5.32 Å². The second-order valence-corrected chi connectivity index (χ2v) is 5.64. The first kappa shape index (κ1) is 15.8. The van der Waals surface area contributed by atoms with Crippen molar-refractivity contribution in [3.05, 3.63) is 59.2 Å². The average Bonchev–Trinajstić information content (AvgIpc) is 2.42. The molecule has 0 fully saturated rings. The van der Waals surface area contributed by atoms with Crippen molar-refractivity contribution in [1.82, 2.24) is 5.32 Å². The first-order chi connectivity index (χ1) is 9.79. The molecule has 0 saturated carbocycles. The number of allylic oxidation sites excluding steroid dienone is 2. The normalized spacial score (nSPS) is 23.8. The van der Waals surface area contributed by atoms with Crippen LogP contribution in [-0.4, -0.2) is 6.04 Å². The van der Waals surface area contributed by atoms with Crippen LogP contribution >= 0.6 is 0 Å². The summed E-state index contributed by atoms with van der Waals surface area (Å²) in [7, 11) is 0. The molecule has 0 aromatic heterocycles. The summed E-state index contributed by atoms with van der Waals surface area (Å²) in [5, 5.41) is 3.49. The third-order valence-electron chi connectivity index (χ3n) is 3.96. The molecule has 0 aliphatic heterocycles. The van der Waals surface area contributed by atoms with E-state index in [0.717, 1.165) is 17.7 Å². The highest BCUT2D eigenvalue weighted by Crippen LogP contribution is 2.30. The first-order valence-corrected chi connectivity index (χ1v) is 7.07. The molecule has 0 saturated heterocycles. The molecule has 21 heavy (non-hydrogen) atoms. The van der Waals surface area contributed by atoms with Gasteiger partial charge in [0.05, 0.1) is 5.56 Å². The standard InChI is InChI=1S/C17H20F3N/c1-11-5-4-6-12(2)16(11)21-13(3)14-7-9-15(10-8-14)17(18,19)20/h4-11,13,16,21H,1-3H3. The molecule has 0 amide bonds. The summed E-state index contributed by atoms with van der Waals surface area (Å²) in [5.74, 6) is 0.367. The van der Waals surface area contributed by atoms with Gasteiger partial charge in [-0.2, -0.15) is 13.2 Å². The molecule has 4 heteroatoms. The van der Waals surface area contributed by atoms with Crippen LogP contribution in [0.5, 0.6) is 0 Å². The Hall–Kier alpha value is -1.55. The largest absolute Gasteiger partial charge is 0.416 e. The van der Waals surface area contributed by atoms with Gasteiger partial charge in [0, 0.05) is 12.1 Å². The highest BCUT2D eigenvalue weighted by molar-refractivity contribution is 5.28. The van der Waals surface area contributed by atoms with Crippen molar-refractivity contribution in [2.45, 2.75) is 39.0 Å². The molecule has 0 bridgehead atoms. The fourth-order valence-corrected chi connectivity index (χ4v) is 2.62. The molecule has 3 atom stereocenters. The molecule has 0 heterocycles. The van der Waals surface area contributed by atoms with Gasteiger partial charge in [-0.15, -0.1) is 0 Å². The van der Waals surface area contributed by atoms with Gasteiger partial charge in [0.2, 0.25) is 0 Å². The molecule has 1 aliphatic carbocycles. The summed E-state index contributed by atoms with van der Waals surface area (Å²) in [4.78, 5) is 0. The van der Waals surface area contributed by atoms with Crippen molar-refractivity contribution in [2.75, 3.05) is 0 Å². The molecule has 1 aromatic rings. The lowest BCUT2D eigenvalue weighted by Crippen LogP contribution is -2.38. The molecule has 1 N–H and O–H groups in total. The second-order valence-electron chi connectivity index (χ2n) is 5.64. The second kappa shape index (κ2) is 6.06. The van der Waals surface area contributed by atoms with Crippen LogP contribution in [0.1, 0.15) is 37.9 Å². The van der Waals surface area contributed by atoms with E-state index in [1.807, 2.05) is 13.0 Å². The molecule has 114 valence electrons. The maximum absolute atomic E-state index is 12.6. The van der Waals surface area contributed by atoms with Gasteiger partial charge >= 0.3 is 6.18 Å². The topological polar surface area (TPSA) is 12.0 Å². The van der Waals surface area contributed by atoms with Gasteiger partial charge in [-0.05, 0) is 37.5 Å². The van der Waals surface area contributed by atoms with E-state index in [0.29, 0.717) is 5.92 Å². The van der Waals surface area contributed by atoms with Gasteiger partial charge in [-0.1, -0.05) is 42.9 Å². The average molecular weight is 295 g/mol. The predicted octanol–water partition coefficient (Wildman–Crippen LogP) is 4.88. The Labute approximate surface area is 123 Å². The number of benzene rings is 1. The number of halogens is 3. The van der Waals surface area contributed by atoms with Gasteiger partial charge in [0.25, 0.3) is 0 Å². The lowest BCUT2D eigenvalue weighted by atomic mass is 9.89. The zero-order chi connectivity index (χ0) is 15.6. The first-order valence-electron chi connectivity index (χ1n) is 7.07. The van der Waals surface area contributed by atoms with E-state index in [9.17, 15) is 13.2 Å². The Kier molecular flexibility index (Phi) is 4.57. The summed E-state index contributed by atoms with van der Waals surface area (Å²) >= 11 is 0. The van der Waals surface area contributed by atoms with Gasteiger partial charge in [-0.3, -0.25) is 0 Å². The zero-order valence-corrected chi connectivity index (χ0v) is 12.4. The van der Waals surface area contributed by atoms with E-state index in [2.05, 4.69) is 31.3 Å². The molecule has 1 aromatic carbocycles. The van der Waals surface area contributed by atoms with Crippen LogP contribution in [-0.2, 0) is 6.18 Å². The highest BCUT2D eigenvalue weighted by atomic mass is 19.4. The third kappa shape index (κ3) is 3.76. The van der Waals surface area contributed by atoms with Gasteiger partial charge in [0.15, 0.2) is 0 Å². The lowest BCUT2D eigenvalue weighted by Gasteiger charge is -2.30. The number of alkyl halides is 3. The molecular formula is C17H20F3N. The van der Waals surface area contributed by atoms with Crippen LogP contribution in [0.3, 0.4) is 0 Å². The quantitative estimate of drug-likeness (QED) is 0.838. The number of nitrogens with one attached hydrogen (secondary N) is 1. The number of hydrogen-bond acceptors (Lipinski definition) is 1. The summed E-state index contributed by atoms with van der Waals surface area (Å²) in [6.07, 6.45) is 1.96. The van der Waals surface area contributed by atoms with Crippen LogP contribution in [0.4, 0.5) is 13.2 Å². The Bertz CT molecular complexity index is 540. The Morgan fingerprint density at radius 1 is 1.14 bits per heavy atom. The van der Waals surface area contributed by atoms with Gasteiger partial charge in [0.1, 0.15) is 0 Å². The molecule has 0 spiro atoms. The Morgan fingerprint density at radius 2 is 1.76 bits per heavy atom. The van der Waals surface area contributed by atoms with Crippen molar-refractivity contribution in [2.24, 2.45) is 5.92 Å². The fraction of sp³-hybridized carbons (Fsp3) is 0.412. The maximum Gasteiger partial charge on any atom is 0.416 e. The van der Waals surface area contributed by atoms with Crippen LogP contribution in [0, 0.1) is 5.92 Å². The van der Waals surface area contributed by atoms with Crippen molar-refractivity contribution < 1.29 is 13.2 Å². The van der Waals surface area contributed by atoms with Crippen molar-refractivity contribution in [1.29, 1.82) is 0 Å². The van der Waals surface area contributed by atoms with Crippen molar-refractivity contribution in [3.8, 4) is 0 Å². The molecule has 0 radical (unpaired) electrons. The number of rotatable bonds is 3. The van der Waals surface area contributed by atoms with E-state index >= 15 is 0 Å². The molecular weight excluding hydrogens is 275 g/mol. The summed E-state index contributed by atoms with van der Waals surface area (Å²) in [5.41, 5.74) is 1.49. The minimum atomic E-state index is -4.28. The van der Waals surface area contributed by atoms with E-state index in [4.69, 9.17) is 0 Å².